The molecule has 2 aliphatic rings. The number of nitrogens with zero attached hydrogens (tertiary/aromatic N) is 2. The van der Waals surface area contributed by atoms with Gasteiger partial charge in [-0.05, 0) is 34.1 Å². The Bertz CT molecular complexity index is 760. The number of hydrogen-bond donors (Lipinski definition) is 3. The number of amides is 1. The zero-order valence-electron chi connectivity index (χ0n) is 17.7. The first-order valence-electron chi connectivity index (χ1n) is 9.84. The molecule has 3 heterocycles. The first-order valence-corrected chi connectivity index (χ1v) is 9.84. The van der Waals surface area contributed by atoms with Gasteiger partial charge in [0.2, 0.25) is 0 Å². The van der Waals surface area contributed by atoms with E-state index in [1.165, 1.54) is 0 Å². The molecule has 2 fully saturated rings. The molecule has 11 heteroatoms. The highest BCUT2D eigenvalue weighted by atomic mass is 16.7. The number of ketones is 1. The Kier molecular flexibility index (Phi) is 6.27. The van der Waals surface area contributed by atoms with Crippen LogP contribution >= 0.6 is 0 Å². The zero-order valence-corrected chi connectivity index (χ0v) is 17.7. The molecule has 5 N–H and O–H groups in total. The van der Waals surface area contributed by atoms with Crippen molar-refractivity contribution in [3.63, 3.8) is 0 Å². The van der Waals surface area contributed by atoms with Gasteiger partial charge in [-0.3, -0.25) is 9.59 Å². The molecule has 30 heavy (non-hydrogen) atoms. The largest absolute Gasteiger partial charge is 0.382 e. The van der Waals surface area contributed by atoms with E-state index in [1.807, 2.05) is 13.8 Å². The molecule has 11 nitrogen and oxygen atoms in total. The van der Waals surface area contributed by atoms with Crippen LogP contribution in [0.2, 0.25) is 0 Å². The molecule has 166 valence electrons. The molecule has 3 rings (SSSR count). The Morgan fingerprint density at radius 3 is 2.07 bits per heavy atom. The van der Waals surface area contributed by atoms with Crippen LogP contribution in [0.5, 0.6) is 0 Å². The second-order valence-corrected chi connectivity index (χ2v) is 8.26. The predicted molar refractivity (Wildman–Crippen MR) is 107 cm³/mol. The number of nitrogen functional groups attached to an aromatic ring is 2. The summed E-state index contributed by atoms with van der Waals surface area (Å²) in [5, 5.41) is 2.67. The zero-order chi connectivity index (χ0) is 22.1. The lowest BCUT2D eigenvalue weighted by Gasteiger charge is -2.17. The SMILES string of the molecule is CC1(C)OCC(CCC(=O)c2nc(N)c(C(=O)NCC3COC(C)(C)O3)nc2N)O1. The quantitative estimate of drug-likeness (QED) is 0.531. The van der Waals surface area contributed by atoms with E-state index in [0.29, 0.717) is 19.6 Å². The lowest BCUT2D eigenvalue weighted by atomic mass is 10.1. The molecule has 2 atom stereocenters. The number of ether oxygens (including phenoxy) is 4. The maximum atomic E-state index is 12.5. The summed E-state index contributed by atoms with van der Waals surface area (Å²) in [5.74, 6) is -2.55. The van der Waals surface area contributed by atoms with Gasteiger partial charge in [-0.2, -0.15) is 0 Å². The molecule has 0 aliphatic carbocycles. The summed E-state index contributed by atoms with van der Waals surface area (Å²) >= 11 is 0. The first kappa shape index (κ1) is 22.3. The Labute approximate surface area is 174 Å². The predicted octanol–water partition coefficient (Wildman–Crippen LogP) is 0.637. The fraction of sp³-hybridized carbons (Fsp3) is 0.684. The number of nitrogens with one attached hydrogen (secondary N) is 1. The van der Waals surface area contributed by atoms with Crippen LogP contribution in [0.15, 0.2) is 0 Å². The van der Waals surface area contributed by atoms with Crippen molar-refractivity contribution in [3.8, 4) is 0 Å². The number of carbonyl (C=O) groups is 2. The smallest absolute Gasteiger partial charge is 0.273 e. The van der Waals surface area contributed by atoms with Gasteiger partial charge in [-0.15, -0.1) is 0 Å². The van der Waals surface area contributed by atoms with Crippen LogP contribution in [0, 0.1) is 0 Å². The van der Waals surface area contributed by atoms with Gasteiger partial charge in [0, 0.05) is 13.0 Å². The van der Waals surface area contributed by atoms with Gasteiger partial charge in [-0.25, -0.2) is 9.97 Å². The van der Waals surface area contributed by atoms with E-state index in [4.69, 9.17) is 30.4 Å². The minimum Gasteiger partial charge on any atom is -0.382 e. The van der Waals surface area contributed by atoms with Crippen LogP contribution in [-0.4, -0.2) is 65.2 Å². The molecule has 0 saturated carbocycles. The molecule has 1 amide bonds. The maximum Gasteiger partial charge on any atom is 0.273 e. The fourth-order valence-corrected chi connectivity index (χ4v) is 3.30. The van der Waals surface area contributed by atoms with Crippen LogP contribution in [0.1, 0.15) is 61.5 Å². The number of anilines is 2. The van der Waals surface area contributed by atoms with Crippen LogP contribution in [0.4, 0.5) is 11.6 Å². The van der Waals surface area contributed by atoms with Gasteiger partial charge in [0.1, 0.15) is 6.10 Å². The standard InChI is InChI=1S/C19H29N5O6/c1-18(2)27-8-10(29-18)5-6-12(25)13-15(20)24-14(16(21)23-13)17(26)22-7-11-9-28-19(3,4)30-11/h10-11H,5-9H2,1-4H3,(H2,20,24)(H2,21,23)(H,22,26). The third kappa shape index (κ3) is 5.42. The van der Waals surface area contributed by atoms with Gasteiger partial charge in [-0.1, -0.05) is 0 Å². The normalized spacial score (nSPS) is 24.7. The molecule has 0 spiro atoms. The Morgan fingerprint density at radius 2 is 1.50 bits per heavy atom. The van der Waals surface area contributed by atoms with Gasteiger partial charge in [0.15, 0.2) is 40.4 Å². The van der Waals surface area contributed by atoms with Crippen molar-refractivity contribution in [1.82, 2.24) is 15.3 Å². The van der Waals surface area contributed by atoms with E-state index in [2.05, 4.69) is 15.3 Å². The van der Waals surface area contributed by atoms with Crippen molar-refractivity contribution in [1.29, 1.82) is 0 Å². The summed E-state index contributed by atoms with van der Waals surface area (Å²) in [7, 11) is 0. The second-order valence-electron chi connectivity index (χ2n) is 8.26. The van der Waals surface area contributed by atoms with Gasteiger partial charge in [0.25, 0.3) is 5.91 Å². The number of hydrogen-bond acceptors (Lipinski definition) is 10. The molecule has 0 radical (unpaired) electrons. The van der Waals surface area contributed by atoms with Crippen molar-refractivity contribution in [2.75, 3.05) is 31.2 Å². The summed E-state index contributed by atoms with van der Waals surface area (Å²) in [4.78, 5) is 33.0. The highest BCUT2D eigenvalue weighted by Crippen LogP contribution is 2.26. The molecular weight excluding hydrogens is 394 g/mol. The summed E-state index contributed by atoms with van der Waals surface area (Å²) in [5.41, 5.74) is 11.5. The third-order valence-electron chi connectivity index (χ3n) is 4.75. The lowest BCUT2D eigenvalue weighted by Crippen LogP contribution is -2.35. The van der Waals surface area contributed by atoms with Crippen molar-refractivity contribution in [2.24, 2.45) is 0 Å². The summed E-state index contributed by atoms with van der Waals surface area (Å²) < 4.78 is 22.2. The van der Waals surface area contributed by atoms with Gasteiger partial charge >= 0.3 is 0 Å². The topological polar surface area (TPSA) is 161 Å². The molecular formula is C19H29N5O6. The number of carbonyl (C=O) groups excluding carboxylic acids is 2. The Balaban J connectivity index is 1.57. The minimum atomic E-state index is -0.688. The highest BCUT2D eigenvalue weighted by Gasteiger charge is 2.34. The summed E-state index contributed by atoms with van der Waals surface area (Å²) in [6, 6.07) is 0. The van der Waals surface area contributed by atoms with Crippen molar-refractivity contribution < 1.29 is 28.5 Å². The van der Waals surface area contributed by atoms with E-state index in [-0.39, 0.29) is 54.0 Å². The van der Waals surface area contributed by atoms with Crippen molar-refractivity contribution in [3.05, 3.63) is 11.4 Å². The van der Waals surface area contributed by atoms with E-state index >= 15 is 0 Å². The van der Waals surface area contributed by atoms with Gasteiger partial charge < -0.3 is 35.7 Å². The van der Waals surface area contributed by atoms with E-state index in [9.17, 15) is 9.59 Å². The summed E-state index contributed by atoms with van der Waals surface area (Å²) in [6.07, 6.45) is 0.115. The van der Waals surface area contributed by atoms with E-state index in [0.717, 1.165) is 0 Å². The van der Waals surface area contributed by atoms with Crippen LogP contribution in [-0.2, 0) is 18.9 Å². The second kappa shape index (κ2) is 8.42. The Morgan fingerprint density at radius 1 is 0.967 bits per heavy atom. The maximum absolute atomic E-state index is 12.5. The van der Waals surface area contributed by atoms with Crippen LogP contribution in [0.25, 0.3) is 0 Å². The van der Waals surface area contributed by atoms with Gasteiger partial charge in [0.05, 0.1) is 19.3 Å². The number of aromatic nitrogens is 2. The molecule has 0 aromatic carbocycles. The molecule has 1 aromatic heterocycles. The monoisotopic (exact) mass is 423 g/mol. The van der Waals surface area contributed by atoms with E-state index < -0.39 is 17.5 Å². The average molecular weight is 423 g/mol. The molecule has 2 unspecified atom stereocenters. The van der Waals surface area contributed by atoms with Crippen LogP contribution in [0.3, 0.4) is 0 Å². The number of rotatable bonds is 7. The third-order valence-corrected chi connectivity index (χ3v) is 4.75. The fourth-order valence-electron chi connectivity index (χ4n) is 3.30. The lowest BCUT2D eigenvalue weighted by molar-refractivity contribution is -0.139. The molecule has 2 saturated heterocycles. The van der Waals surface area contributed by atoms with Crippen LogP contribution < -0.4 is 16.8 Å². The average Bonchev–Trinajstić information content (AvgIpc) is 3.19. The van der Waals surface area contributed by atoms with Crippen molar-refractivity contribution >= 4 is 23.3 Å². The minimum absolute atomic E-state index is 0.0588. The first-order chi connectivity index (χ1) is 14.0. The highest BCUT2D eigenvalue weighted by molar-refractivity contribution is 6.01. The van der Waals surface area contributed by atoms with E-state index in [1.54, 1.807) is 13.8 Å². The van der Waals surface area contributed by atoms with Crippen molar-refractivity contribution in [2.45, 2.75) is 64.3 Å². The molecule has 2 aliphatic heterocycles. The summed E-state index contributed by atoms with van der Waals surface area (Å²) in [6.45, 7) is 8.20. The number of nitrogens with two attached hydrogens (primary N) is 2. The number of Topliss-reactive ketones (excluding diaryl/α,β-unsaturated/α-hetero) is 1. The molecule has 0 bridgehead atoms. The molecule has 1 aromatic rings. The Hall–Kier alpha value is -2.34.